The van der Waals surface area contributed by atoms with E-state index >= 15 is 0 Å². The third-order valence-corrected chi connectivity index (χ3v) is 11.7. The molecule has 2 saturated heterocycles. The molecule has 314 valence electrons. The van der Waals surface area contributed by atoms with Gasteiger partial charge in [-0.1, -0.05) is 78.9 Å². The van der Waals surface area contributed by atoms with Crippen LogP contribution in [0.5, 0.6) is 0 Å². The molecule has 5 atom stereocenters. The summed E-state index contributed by atoms with van der Waals surface area (Å²) in [5.74, 6) is 1.03. The largest absolute Gasteiger partial charge is 0.453 e. The number of pyridine rings is 1. The van der Waals surface area contributed by atoms with E-state index in [2.05, 4.69) is 46.1 Å². The lowest BCUT2D eigenvalue weighted by Gasteiger charge is -2.30. The highest BCUT2D eigenvalue weighted by Crippen LogP contribution is 2.35. The van der Waals surface area contributed by atoms with Crippen LogP contribution < -0.4 is 16.0 Å². The van der Waals surface area contributed by atoms with Gasteiger partial charge in [0.25, 0.3) is 11.8 Å². The summed E-state index contributed by atoms with van der Waals surface area (Å²) in [6, 6.07) is 26.3. The van der Waals surface area contributed by atoms with Crippen molar-refractivity contribution in [1.82, 2.24) is 40.7 Å². The monoisotopic (exact) mass is 823 g/mol. The summed E-state index contributed by atoms with van der Waals surface area (Å²) in [6.07, 6.45) is 5.38. The summed E-state index contributed by atoms with van der Waals surface area (Å²) in [4.78, 5) is 73.8. The number of aromatic amines is 1. The minimum Gasteiger partial charge on any atom is -0.453 e. The molecule has 1 unspecified atom stereocenters. The number of aromatic nitrogens is 3. The molecule has 0 spiro atoms. The second-order valence-corrected chi connectivity index (χ2v) is 15.4. The van der Waals surface area contributed by atoms with Gasteiger partial charge in [-0.25, -0.2) is 14.6 Å². The van der Waals surface area contributed by atoms with Gasteiger partial charge in [0, 0.05) is 30.4 Å². The minimum absolute atomic E-state index is 0.0530. The molecule has 5 aromatic rings. The molecule has 3 aliphatic rings. The van der Waals surface area contributed by atoms with Crippen LogP contribution in [-0.4, -0.2) is 94.5 Å². The van der Waals surface area contributed by atoms with Crippen molar-refractivity contribution in [2.24, 2.45) is 4.99 Å². The number of rotatable bonds is 11. The minimum atomic E-state index is -0.892. The van der Waals surface area contributed by atoms with Gasteiger partial charge in [0.1, 0.15) is 23.7 Å². The van der Waals surface area contributed by atoms with Crippen molar-refractivity contribution >= 4 is 29.8 Å². The van der Waals surface area contributed by atoms with Crippen molar-refractivity contribution in [2.75, 3.05) is 33.9 Å². The SMILES string of the molecule is COC(=O)N[C@@H](C(=O)N1CCC[C@H]1C1=NCC(c2ccc(-c3ccc(-c4cnc([C@@H]5CCCN5C(=O)[C@H](NC(=O)OC)c5ccccc5)[nH]4)cn3)c(C)c2)N1)c1ccccc1. The molecule has 0 aliphatic carbocycles. The average molecular weight is 824 g/mol. The zero-order valence-corrected chi connectivity index (χ0v) is 34.3. The van der Waals surface area contributed by atoms with E-state index in [1.54, 1.807) is 11.1 Å². The molecule has 4 N–H and O–H groups in total. The first kappa shape index (κ1) is 40.7. The summed E-state index contributed by atoms with van der Waals surface area (Å²) in [6.45, 7) is 3.71. The van der Waals surface area contributed by atoms with E-state index in [9.17, 15) is 19.2 Å². The second kappa shape index (κ2) is 18.1. The van der Waals surface area contributed by atoms with Crippen LogP contribution in [0.1, 0.15) is 77.9 Å². The Bertz CT molecular complexity index is 2410. The molecule has 5 heterocycles. The van der Waals surface area contributed by atoms with Crippen LogP contribution in [-0.2, 0) is 19.1 Å². The fraction of sp³-hybridized carbons (Fsp3) is 0.326. The van der Waals surface area contributed by atoms with Crippen molar-refractivity contribution in [3.05, 3.63) is 131 Å². The molecular formula is C46H49N9O6. The van der Waals surface area contributed by atoms with Crippen molar-refractivity contribution in [2.45, 2.75) is 62.8 Å². The number of methoxy groups -OCH3 is 2. The fourth-order valence-corrected chi connectivity index (χ4v) is 8.59. The number of carbonyl (C=O) groups is 4. The van der Waals surface area contributed by atoms with Crippen LogP contribution in [0.25, 0.3) is 22.5 Å². The van der Waals surface area contributed by atoms with Gasteiger partial charge in [-0.05, 0) is 67.0 Å². The number of carbonyl (C=O) groups excluding carboxylic acids is 4. The lowest BCUT2D eigenvalue weighted by molar-refractivity contribution is -0.135. The number of likely N-dealkylation sites (tertiary alicyclic amines) is 2. The number of ether oxygens (including phenoxy) is 2. The highest BCUT2D eigenvalue weighted by atomic mass is 16.5. The first-order valence-corrected chi connectivity index (χ1v) is 20.5. The van der Waals surface area contributed by atoms with E-state index in [0.29, 0.717) is 36.6 Å². The van der Waals surface area contributed by atoms with Gasteiger partial charge >= 0.3 is 12.2 Å². The molecule has 3 aromatic carbocycles. The smallest absolute Gasteiger partial charge is 0.407 e. The predicted molar refractivity (Wildman–Crippen MR) is 228 cm³/mol. The molecule has 15 nitrogen and oxygen atoms in total. The van der Waals surface area contributed by atoms with Crippen LogP contribution in [0.2, 0.25) is 0 Å². The Labute approximate surface area is 354 Å². The first-order valence-electron chi connectivity index (χ1n) is 20.5. The van der Waals surface area contributed by atoms with Crippen LogP contribution in [0.3, 0.4) is 0 Å². The van der Waals surface area contributed by atoms with Gasteiger partial charge in [0.15, 0.2) is 0 Å². The number of imidazole rings is 1. The predicted octanol–water partition coefficient (Wildman–Crippen LogP) is 6.34. The molecule has 15 heteroatoms. The van der Waals surface area contributed by atoms with E-state index in [1.807, 2.05) is 83.9 Å². The number of amidine groups is 1. The van der Waals surface area contributed by atoms with Crippen LogP contribution in [0.4, 0.5) is 9.59 Å². The maximum atomic E-state index is 14.0. The van der Waals surface area contributed by atoms with Gasteiger partial charge in [-0.3, -0.25) is 19.6 Å². The summed E-state index contributed by atoms with van der Waals surface area (Å²) in [5.41, 5.74) is 6.99. The Hall–Kier alpha value is -7.03. The molecule has 2 aromatic heterocycles. The maximum absolute atomic E-state index is 14.0. The third-order valence-electron chi connectivity index (χ3n) is 11.7. The highest BCUT2D eigenvalue weighted by Gasteiger charge is 2.40. The van der Waals surface area contributed by atoms with Gasteiger partial charge in [-0.15, -0.1) is 0 Å². The molecule has 0 bridgehead atoms. The zero-order valence-electron chi connectivity index (χ0n) is 34.3. The summed E-state index contributed by atoms with van der Waals surface area (Å²) in [7, 11) is 2.56. The quantitative estimate of drug-likeness (QED) is 0.118. The summed E-state index contributed by atoms with van der Waals surface area (Å²) < 4.78 is 9.67. The van der Waals surface area contributed by atoms with Crippen molar-refractivity contribution in [3.63, 3.8) is 0 Å². The number of nitrogens with zero attached hydrogens (tertiary/aromatic N) is 5. The van der Waals surface area contributed by atoms with Crippen molar-refractivity contribution < 1.29 is 28.7 Å². The zero-order chi connectivity index (χ0) is 42.5. The second-order valence-electron chi connectivity index (χ2n) is 15.4. The maximum Gasteiger partial charge on any atom is 0.407 e. The number of nitrogens with one attached hydrogen (secondary N) is 4. The van der Waals surface area contributed by atoms with Crippen LogP contribution in [0, 0.1) is 6.92 Å². The number of benzene rings is 3. The summed E-state index contributed by atoms with van der Waals surface area (Å²) in [5, 5.41) is 9.04. The van der Waals surface area contributed by atoms with Gasteiger partial charge in [-0.2, -0.15) is 0 Å². The molecule has 61 heavy (non-hydrogen) atoms. The molecular weight excluding hydrogens is 775 g/mol. The number of aryl methyl sites for hydroxylation is 1. The van der Waals surface area contributed by atoms with E-state index in [4.69, 9.17) is 24.4 Å². The van der Waals surface area contributed by atoms with E-state index in [-0.39, 0.29) is 29.9 Å². The Balaban J connectivity index is 0.916. The van der Waals surface area contributed by atoms with Gasteiger partial charge in [0.05, 0.1) is 56.5 Å². The molecule has 3 aliphatic heterocycles. The third kappa shape index (κ3) is 8.67. The number of aliphatic imine (C=N–C) groups is 1. The molecule has 2 fully saturated rings. The molecule has 8 rings (SSSR count). The number of hydrogen-bond acceptors (Lipinski definition) is 10. The van der Waals surface area contributed by atoms with Crippen molar-refractivity contribution in [1.29, 1.82) is 0 Å². The number of hydrogen-bond donors (Lipinski definition) is 4. The number of alkyl carbamates (subject to hydrolysis) is 2. The van der Waals surface area contributed by atoms with Crippen LogP contribution in [0.15, 0.2) is 108 Å². The first-order chi connectivity index (χ1) is 29.7. The Morgan fingerprint density at radius 1 is 0.738 bits per heavy atom. The Morgan fingerprint density at radius 2 is 1.34 bits per heavy atom. The molecule has 4 amide bonds. The average Bonchev–Trinajstić information content (AvgIpc) is 4.15. The molecule has 0 saturated carbocycles. The fourth-order valence-electron chi connectivity index (χ4n) is 8.59. The van der Waals surface area contributed by atoms with Crippen LogP contribution >= 0.6 is 0 Å². The van der Waals surface area contributed by atoms with E-state index in [1.165, 1.54) is 14.2 Å². The Kier molecular flexibility index (Phi) is 12.1. The van der Waals surface area contributed by atoms with Crippen molar-refractivity contribution in [3.8, 4) is 22.5 Å². The van der Waals surface area contributed by atoms with E-state index in [0.717, 1.165) is 65.2 Å². The number of amides is 4. The normalized spacial score (nSPS) is 19.4. The standard InChI is InChI=1S/C46H49N9O6/c1-28-24-31(35-26-48-41(50-35)37-16-10-22-54(37)43(56)39(52-45(58)60-2)29-12-6-4-7-13-29)18-20-33(28)34-21-19-32(25-47-34)36-27-49-42(51-36)38-17-11-23-55(38)44(57)40(53-46(59)61-3)30-14-8-5-9-15-30/h4-9,12-15,18-21,24-25,27,35,37-40H,10-11,16-17,22-23,26H2,1-3H3,(H,48,50)(H,49,51)(H,52,58)(H,53,59)/t35?,37-,38-,39+,40+/m0/s1. The lowest BCUT2D eigenvalue weighted by atomic mass is 9.98. The topological polar surface area (TPSA) is 183 Å². The van der Waals surface area contributed by atoms with Gasteiger partial charge < -0.3 is 40.2 Å². The molecule has 0 radical (unpaired) electrons. The number of H-pyrrole nitrogens is 1. The summed E-state index contributed by atoms with van der Waals surface area (Å²) >= 11 is 0. The lowest BCUT2D eigenvalue weighted by Crippen LogP contribution is -2.49. The highest BCUT2D eigenvalue weighted by molar-refractivity contribution is 5.96. The van der Waals surface area contributed by atoms with Gasteiger partial charge in [0.2, 0.25) is 0 Å². The Morgan fingerprint density at radius 3 is 1.92 bits per heavy atom. The van der Waals surface area contributed by atoms with E-state index < -0.39 is 24.3 Å².